The Morgan fingerprint density at radius 2 is 2.00 bits per heavy atom. The maximum absolute atomic E-state index is 12.6. The molecule has 1 fully saturated rings. The van der Waals surface area contributed by atoms with Gasteiger partial charge in [-0.1, -0.05) is 58.0 Å². The lowest BCUT2D eigenvalue weighted by Crippen LogP contribution is -2.42. The number of amides is 2. The molecule has 2 aliphatic heterocycles. The van der Waals surface area contributed by atoms with Crippen LogP contribution in [0.5, 0.6) is 0 Å². The number of carbonyl (C=O) groups is 2. The molecule has 0 radical (unpaired) electrons. The number of hydrogen-bond donors (Lipinski definition) is 2. The Morgan fingerprint density at radius 1 is 1.21 bits per heavy atom. The molecule has 6 nitrogen and oxygen atoms in total. The molecule has 0 spiro atoms. The molecule has 2 aromatic carbocycles. The van der Waals surface area contributed by atoms with Crippen molar-refractivity contribution >= 4 is 44.9 Å². The third kappa shape index (κ3) is 3.54. The number of halogens is 1. The van der Waals surface area contributed by atoms with Crippen LogP contribution in [0, 0.1) is 5.92 Å². The fourth-order valence-corrected chi connectivity index (χ4v) is 5.52. The second-order valence-electron chi connectivity index (χ2n) is 6.83. The highest BCUT2D eigenvalue weighted by molar-refractivity contribution is 9.10. The molecule has 1 saturated heterocycles. The number of rotatable bonds is 2. The van der Waals surface area contributed by atoms with Crippen molar-refractivity contribution in [1.82, 2.24) is 10.2 Å². The number of amidine groups is 1. The van der Waals surface area contributed by atoms with Crippen LogP contribution in [0.1, 0.15) is 15.9 Å². The van der Waals surface area contributed by atoms with Gasteiger partial charge in [0.15, 0.2) is 5.17 Å². The molecule has 0 aliphatic carbocycles. The van der Waals surface area contributed by atoms with Gasteiger partial charge in [-0.2, -0.15) is 0 Å². The molecule has 0 bridgehead atoms. The van der Waals surface area contributed by atoms with Gasteiger partial charge >= 0.3 is 6.09 Å². The SMILES string of the molecule is O=C(NC1=NC[C@H]2CN(C(=O)O)C[C@]2(c2cccc(Br)c2)S1)c1ccccc1. The van der Waals surface area contributed by atoms with Crippen LogP contribution in [-0.4, -0.2) is 46.8 Å². The average Bonchev–Trinajstić information content (AvgIpc) is 3.09. The van der Waals surface area contributed by atoms with Crippen molar-refractivity contribution in [3.05, 3.63) is 70.2 Å². The third-order valence-corrected chi connectivity index (χ3v) is 7.08. The number of benzene rings is 2. The first-order valence-electron chi connectivity index (χ1n) is 8.82. The number of nitrogens with zero attached hydrogens (tertiary/aromatic N) is 2. The Hall–Kier alpha value is -2.32. The van der Waals surface area contributed by atoms with Crippen molar-refractivity contribution in [1.29, 1.82) is 0 Å². The molecule has 2 aliphatic rings. The monoisotopic (exact) mass is 459 g/mol. The van der Waals surface area contributed by atoms with Crippen molar-refractivity contribution in [3.63, 3.8) is 0 Å². The van der Waals surface area contributed by atoms with Crippen molar-refractivity contribution < 1.29 is 14.7 Å². The van der Waals surface area contributed by atoms with E-state index in [-0.39, 0.29) is 11.8 Å². The van der Waals surface area contributed by atoms with Crippen LogP contribution in [0.3, 0.4) is 0 Å². The normalized spacial score (nSPS) is 23.7. The van der Waals surface area contributed by atoms with Gasteiger partial charge in [-0.15, -0.1) is 0 Å². The molecule has 4 rings (SSSR count). The van der Waals surface area contributed by atoms with Crippen molar-refractivity contribution in [2.24, 2.45) is 10.9 Å². The highest BCUT2D eigenvalue weighted by Gasteiger charge is 2.52. The summed E-state index contributed by atoms with van der Waals surface area (Å²) in [6.07, 6.45) is -0.931. The summed E-state index contributed by atoms with van der Waals surface area (Å²) in [5.74, 6) is -0.178. The Kier molecular flexibility index (Phi) is 5.16. The zero-order chi connectivity index (χ0) is 19.7. The minimum absolute atomic E-state index is 0.0419. The molecule has 8 heteroatoms. The van der Waals surface area contributed by atoms with Crippen LogP contribution >= 0.6 is 27.7 Å². The molecule has 28 heavy (non-hydrogen) atoms. The van der Waals surface area contributed by atoms with Gasteiger partial charge in [-0.3, -0.25) is 9.79 Å². The molecular weight excluding hydrogens is 442 g/mol. The van der Waals surface area contributed by atoms with Gasteiger partial charge in [0.1, 0.15) is 0 Å². The van der Waals surface area contributed by atoms with E-state index in [0.29, 0.717) is 30.4 Å². The minimum atomic E-state index is -0.931. The Bertz CT molecular complexity index is 953. The van der Waals surface area contributed by atoms with E-state index < -0.39 is 10.8 Å². The fraction of sp³-hybridized carbons (Fsp3) is 0.250. The highest BCUT2D eigenvalue weighted by atomic mass is 79.9. The largest absolute Gasteiger partial charge is 0.465 e. The van der Waals surface area contributed by atoms with Crippen LogP contribution in [-0.2, 0) is 4.75 Å². The minimum Gasteiger partial charge on any atom is -0.465 e. The van der Waals surface area contributed by atoms with Crippen LogP contribution in [0.15, 0.2) is 64.1 Å². The summed E-state index contributed by atoms with van der Waals surface area (Å²) in [6, 6.07) is 16.9. The average molecular weight is 460 g/mol. The first kappa shape index (κ1) is 19.0. The van der Waals surface area contributed by atoms with Gasteiger partial charge in [0.25, 0.3) is 5.91 Å². The smallest absolute Gasteiger partial charge is 0.407 e. The van der Waals surface area contributed by atoms with E-state index in [4.69, 9.17) is 0 Å². The Labute approximate surface area is 175 Å². The summed E-state index contributed by atoms with van der Waals surface area (Å²) in [4.78, 5) is 30.2. The number of nitrogens with one attached hydrogen (secondary N) is 1. The molecule has 2 atom stereocenters. The molecule has 144 valence electrons. The van der Waals surface area contributed by atoms with Crippen molar-refractivity contribution in [3.8, 4) is 0 Å². The molecular formula is C20H18BrN3O3S. The van der Waals surface area contributed by atoms with Gasteiger partial charge in [0, 0.05) is 35.6 Å². The second-order valence-corrected chi connectivity index (χ2v) is 9.06. The van der Waals surface area contributed by atoms with E-state index in [2.05, 4.69) is 26.2 Å². The predicted octanol–water partition coefficient (Wildman–Crippen LogP) is 3.79. The zero-order valence-electron chi connectivity index (χ0n) is 14.8. The number of hydrogen-bond acceptors (Lipinski definition) is 4. The molecule has 0 aromatic heterocycles. The van der Waals surface area contributed by atoms with Crippen molar-refractivity contribution in [2.75, 3.05) is 19.6 Å². The lowest BCUT2D eigenvalue weighted by molar-refractivity contribution is 0.0977. The molecule has 0 unspecified atom stereocenters. The van der Waals surface area contributed by atoms with Crippen molar-refractivity contribution in [2.45, 2.75) is 4.75 Å². The second kappa shape index (κ2) is 7.60. The van der Waals surface area contributed by atoms with E-state index in [0.717, 1.165) is 10.0 Å². The maximum Gasteiger partial charge on any atom is 0.407 e. The fourth-order valence-electron chi connectivity index (χ4n) is 3.72. The number of carbonyl (C=O) groups excluding carboxylic acids is 1. The van der Waals surface area contributed by atoms with Gasteiger partial charge in [0.05, 0.1) is 4.75 Å². The van der Waals surface area contributed by atoms with E-state index in [1.165, 1.54) is 16.7 Å². The summed E-state index contributed by atoms with van der Waals surface area (Å²) in [6.45, 7) is 1.25. The summed E-state index contributed by atoms with van der Waals surface area (Å²) in [5, 5.41) is 13.0. The van der Waals surface area contributed by atoms with Crippen LogP contribution < -0.4 is 5.32 Å². The summed E-state index contributed by atoms with van der Waals surface area (Å²) in [5.41, 5.74) is 1.59. The maximum atomic E-state index is 12.6. The van der Waals surface area contributed by atoms with Gasteiger partial charge in [0.2, 0.25) is 0 Å². The highest BCUT2D eigenvalue weighted by Crippen LogP contribution is 2.51. The lowest BCUT2D eigenvalue weighted by Gasteiger charge is -2.37. The first-order valence-corrected chi connectivity index (χ1v) is 10.4. The number of fused-ring (bicyclic) bond motifs is 1. The molecule has 2 amide bonds. The van der Waals surface area contributed by atoms with E-state index in [1.807, 2.05) is 42.5 Å². The number of thioether (sulfide) groups is 1. The van der Waals surface area contributed by atoms with Crippen LogP contribution in [0.25, 0.3) is 0 Å². The first-order chi connectivity index (χ1) is 13.5. The predicted molar refractivity (Wildman–Crippen MR) is 113 cm³/mol. The zero-order valence-corrected chi connectivity index (χ0v) is 17.2. The summed E-state index contributed by atoms with van der Waals surface area (Å²) >= 11 is 4.96. The number of likely N-dealkylation sites (tertiary alicyclic amines) is 1. The standard InChI is InChI=1S/C20H18BrN3O3S/c21-16-8-4-7-14(9-16)20-12-24(19(26)27)11-15(20)10-22-18(28-20)23-17(25)13-5-2-1-3-6-13/h1-9,15H,10-12H2,(H,26,27)(H,22,23,25)/t15-,20+/m0/s1. The molecule has 0 saturated carbocycles. The third-order valence-electron chi connectivity index (χ3n) is 5.10. The molecule has 2 aromatic rings. The van der Waals surface area contributed by atoms with Gasteiger partial charge in [-0.25, -0.2) is 4.79 Å². The van der Waals surface area contributed by atoms with E-state index in [9.17, 15) is 14.7 Å². The Balaban J connectivity index is 1.64. The lowest BCUT2D eigenvalue weighted by atomic mass is 9.87. The number of carboxylic acid groups (broad SMARTS) is 1. The number of aliphatic imine (C=N–C) groups is 1. The van der Waals surface area contributed by atoms with Gasteiger partial charge < -0.3 is 15.3 Å². The topological polar surface area (TPSA) is 82.0 Å². The quantitative estimate of drug-likeness (QED) is 0.715. The van der Waals surface area contributed by atoms with E-state index in [1.54, 1.807) is 12.1 Å². The molecule has 2 heterocycles. The molecule has 2 N–H and O–H groups in total. The van der Waals surface area contributed by atoms with E-state index >= 15 is 0 Å². The van der Waals surface area contributed by atoms with Crippen LogP contribution in [0.2, 0.25) is 0 Å². The Morgan fingerprint density at radius 3 is 2.71 bits per heavy atom. The summed E-state index contributed by atoms with van der Waals surface area (Å²) < 4.78 is 0.452. The van der Waals surface area contributed by atoms with Gasteiger partial charge in [-0.05, 0) is 29.8 Å². The van der Waals surface area contributed by atoms with Crippen LogP contribution in [0.4, 0.5) is 4.79 Å². The summed E-state index contributed by atoms with van der Waals surface area (Å²) in [7, 11) is 0.